The van der Waals surface area contributed by atoms with E-state index in [9.17, 15) is 17.9 Å². The van der Waals surface area contributed by atoms with Crippen LogP contribution in [0.5, 0.6) is 0 Å². The van der Waals surface area contributed by atoms with Gasteiger partial charge in [0, 0.05) is 28.7 Å². The van der Waals surface area contributed by atoms with E-state index in [-0.39, 0.29) is 21.3 Å². The first-order valence-corrected chi connectivity index (χ1v) is 10.1. The molecular formula is C18H17FN2O3S2. The first-order valence-electron chi connectivity index (χ1n) is 7.80. The quantitative estimate of drug-likeness (QED) is 0.631. The van der Waals surface area contributed by atoms with Crippen LogP contribution >= 0.6 is 11.3 Å². The summed E-state index contributed by atoms with van der Waals surface area (Å²) in [6, 6.07) is 10.9. The van der Waals surface area contributed by atoms with Gasteiger partial charge in [-0.3, -0.25) is 0 Å². The Bertz CT molecular complexity index is 1030. The molecule has 0 bridgehead atoms. The van der Waals surface area contributed by atoms with Crippen molar-refractivity contribution in [2.75, 3.05) is 7.05 Å². The number of hydrogen-bond acceptors (Lipinski definition) is 6. The van der Waals surface area contributed by atoms with Gasteiger partial charge in [0.25, 0.3) is 0 Å². The molecule has 0 fully saturated rings. The second-order valence-corrected chi connectivity index (χ2v) is 8.88. The summed E-state index contributed by atoms with van der Waals surface area (Å²) in [4.78, 5) is 4.46. The van der Waals surface area contributed by atoms with Gasteiger partial charge in [-0.2, -0.15) is 4.39 Å². The number of hydrogen-bond donors (Lipinski definition) is 2. The van der Waals surface area contributed by atoms with E-state index >= 15 is 0 Å². The van der Waals surface area contributed by atoms with Gasteiger partial charge in [-0.1, -0.05) is 12.1 Å². The second-order valence-electron chi connectivity index (χ2n) is 5.59. The summed E-state index contributed by atoms with van der Waals surface area (Å²) < 4.78 is 40.7. The van der Waals surface area contributed by atoms with Gasteiger partial charge in [-0.05, 0) is 42.9 Å². The maximum atomic E-state index is 14.2. The molecule has 0 unspecified atom stereocenters. The zero-order valence-corrected chi connectivity index (χ0v) is 15.6. The van der Waals surface area contributed by atoms with Gasteiger partial charge in [0.2, 0.25) is 15.8 Å². The maximum absolute atomic E-state index is 14.2. The molecule has 136 valence electrons. The van der Waals surface area contributed by atoms with Crippen molar-refractivity contribution in [2.45, 2.75) is 22.3 Å². The number of aliphatic hydroxyl groups excluding tert-OH is 1. The normalized spacial score (nSPS) is 11.7. The number of sulfone groups is 1. The molecule has 3 rings (SSSR count). The number of halogens is 1. The van der Waals surface area contributed by atoms with Crippen LogP contribution in [0.15, 0.2) is 57.8 Å². The summed E-state index contributed by atoms with van der Waals surface area (Å²) >= 11 is 1.10. The van der Waals surface area contributed by atoms with Gasteiger partial charge in [0.15, 0.2) is 0 Å². The van der Waals surface area contributed by atoms with Gasteiger partial charge >= 0.3 is 0 Å². The summed E-state index contributed by atoms with van der Waals surface area (Å²) in [5, 5.41) is 12.3. The Morgan fingerprint density at radius 1 is 1.19 bits per heavy atom. The number of rotatable bonds is 6. The van der Waals surface area contributed by atoms with Gasteiger partial charge in [-0.25, -0.2) is 13.4 Å². The highest BCUT2D eigenvalue weighted by molar-refractivity contribution is 7.93. The first kappa shape index (κ1) is 18.7. The van der Waals surface area contributed by atoms with E-state index in [0.717, 1.165) is 16.2 Å². The van der Waals surface area contributed by atoms with Crippen LogP contribution in [-0.4, -0.2) is 25.6 Å². The van der Waals surface area contributed by atoms with Crippen molar-refractivity contribution in [3.05, 3.63) is 65.0 Å². The topological polar surface area (TPSA) is 79.3 Å². The average molecular weight is 392 g/mol. The molecule has 0 aliphatic rings. The van der Waals surface area contributed by atoms with Gasteiger partial charge in [-0.15, -0.1) is 11.3 Å². The molecule has 5 nitrogen and oxygen atoms in total. The molecular weight excluding hydrogens is 375 g/mol. The van der Waals surface area contributed by atoms with E-state index in [0.29, 0.717) is 17.7 Å². The van der Waals surface area contributed by atoms with Crippen molar-refractivity contribution in [1.29, 1.82) is 0 Å². The standard InChI is InChI=1S/C18H17FN2O3S2/c1-20-10-13-9-16(15-6-3-7-21-17(15)19)18(25-13)26(23,24)14-5-2-4-12(8-14)11-22/h2-9,20,22H,10-11H2,1H3. The molecule has 0 saturated heterocycles. The molecule has 0 atom stereocenters. The van der Waals surface area contributed by atoms with Crippen molar-refractivity contribution in [3.63, 3.8) is 0 Å². The number of benzene rings is 1. The van der Waals surface area contributed by atoms with Crippen molar-refractivity contribution in [2.24, 2.45) is 0 Å². The molecule has 8 heteroatoms. The number of aromatic nitrogens is 1. The van der Waals surface area contributed by atoms with E-state index < -0.39 is 15.8 Å². The Morgan fingerprint density at radius 3 is 2.69 bits per heavy atom. The summed E-state index contributed by atoms with van der Waals surface area (Å²) in [6.07, 6.45) is 1.32. The van der Waals surface area contributed by atoms with Crippen LogP contribution < -0.4 is 5.32 Å². The summed E-state index contributed by atoms with van der Waals surface area (Å²) in [5.41, 5.74) is 0.926. The molecule has 0 spiro atoms. The van der Waals surface area contributed by atoms with Crippen LogP contribution in [0, 0.1) is 5.95 Å². The number of nitrogens with zero attached hydrogens (tertiary/aromatic N) is 1. The SMILES string of the molecule is CNCc1cc(-c2cccnc2F)c(S(=O)(=O)c2cccc(CO)c2)s1. The minimum atomic E-state index is -3.88. The first-order chi connectivity index (χ1) is 12.5. The summed E-state index contributed by atoms with van der Waals surface area (Å²) in [5.74, 6) is -0.720. The van der Waals surface area contributed by atoms with Crippen LogP contribution in [0.2, 0.25) is 0 Å². The monoisotopic (exact) mass is 392 g/mol. The van der Waals surface area contributed by atoms with E-state index in [1.54, 1.807) is 31.3 Å². The minimum absolute atomic E-state index is 0.0599. The fraction of sp³-hybridized carbons (Fsp3) is 0.167. The van der Waals surface area contributed by atoms with Crippen molar-refractivity contribution in [1.82, 2.24) is 10.3 Å². The number of aliphatic hydroxyl groups is 1. The lowest BCUT2D eigenvalue weighted by Gasteiger charge is -2.07. The van der Waals surface area contributed by atoms with Crippen LogP contribution in [0.1, 0.15) is 10.4 Å². The molecule has 0 aliphatic carbocycles. The van der Waals surface area contributed by atoms with E-state index in [1.165, 1.54) is 24.4 Å². The van der Waals surface area contributed by atoms with Crippen LogP contribution in [0.25, 0.3) is 11.1 Å². The van der Waals surface area contributed by atoms with Gasteiger partial charge < -0.3 is 10.4 Å². The minimum Gasteiger partial charge on any atom is -0.392 e. The number of thiophene rings is 1. The molecule has 1 aromatic carbocycles. The van der Waals surface area contributed by atoms with Gasteiger partial charge in [0.05, 0.1) is 11.5 Å². The lowest BCUT2D eigenvalue weighted by Crippen LogP contribution is -2.03. The molecule has 0 saturated carbocycles. The lowest BCUT2D eigenvalue weighted by atomic mass is 10.1. The summed E-state index contributed by atoms with van der Waals surface area (Å²) in [7, 11) is -2.13. The highest BCUT2D eigenvalue weighted by atomic mass is 32.2. The molecule has 3 aromatic rings. The Hall–Kier alpha value is -2.13. The Labute approximate surface area is 155 Å². The molecule has 0 aliphatic heterocycles. The Morgan fingerprint density at radius 2 is 2.00 bits per heavy atom. The second kappa shape index (κ2) is 7.63. The van der Waals surface area contributed by atoms with Crippen molar-refractivity contribution < 1.29 is 17.9 Å². The molecule has 0 radical (unpaired) electrons. The Balaban J connectivity index is 2.21. The zero-order chi connectivity index (χ0) is 18.7. The molecule has 2 aromatic heterocycles. The smallest absolute Gasteiger partial charge is 0.220 e. The maximum Gasteiger partial charge on any atom is 0.220 e. The fourth-order valence-corrected chi connectivity index (χ4v) is 5.77. The van der Waals surface area contributed by atoms with E-state index in [2.05, 4.69) is 10.3 Å². The third-order valence-corrected chi connectivity index (χ3v) is 7.21. The zero-order valence-electron chi connectivity index (χ0n) is 13.9. The Kier molecular flexibility index (Phi) is 5.47. The predicted octanol–water partition coefficient (Wildman–Crippen LogP) is 2.99. The van der Waals surface area contributed by atoms with E-state index in [4.69, 9.17) is 0 Å². The number of nitrogens with one attached hydrogen (secondary N) is 1. The third-order valence-electron chi connectivity index (χ3n) is 3.78. The predicted molar refractivity (Wildman–Crippen MR) is 98.1 cm³/mol. The summed E-state index contributed by atoms with van der Waals surface area (Å²) in [6.45, 7) is 0.203. The van der Waals surface area contributed by atoms with E-state index in [1.807, 2.05) is 0 Å². The van der Waals surface area contributed by atoms with Crippen LogP contribution in [0.3, 0.4) is 0 Å². The molecule has 2 N–H and O–H groups in total. The fourth-order valence-electron chi connectivity index (χ4n) is 2.58. The molecule has 0 amide bonds. The largest absolute Gasteiger partial charge is 0.392 e. The molecule has 26 heavy (non-hydrogen) atoms. The highest BCUT2D eigenvalue weighted by Crippen LogP contribution is 2.39. The van der Waals surface area contributed by atoms with Crippen LogP contribution in [0.4, 0.5) is 4.39 Å². The highest BCUT2D eigenvalue weighted by Gasteiger charge is 2.27. The van der Waals surface area contributed by atoms with Crippen molar-refractivity contribution >= 4 is 21.2 Å². The number of pyridine rings is 1. The third kappa shape index (κ3) is 3.54. The van der Waals surface area contributed by atoms with Crippen molar-refractivity contribution in [3.8, 4) is 11.1 Å². The lowest BCUT2D eigenvalue weighted by molar-refractivity contribution is 0.281. The average Bonchev–Trinajstić information content (AvgIpc) is 3.07. The van der Waals surface area contributed by atoms with Gasteiger partial charge in [0.1, 0.15) is 4.21 Å². The van der Waals surface area contributed by atoms with Crippen LogP contribution in [-0.2, 0) is 23.0 Å². The molecule has 2 heterocycles.